The lowest BCUT2D eigenvalue weighted by atomic mass is 10.1. The monoisotopic (exact) mass is 223 g/mol. The van der Waals surface area contributed by atoms with Crippen molar-refractivity contribution in [2.24, 2.45) is 0 Å². The minimum Gasteiger partial charge on any atom is -0.503 e. The minimum absolute atomic E-state index is 0.119. The van der Waals surface area contributed by atoms with E-state index in [1.165, 1.54) is 32.1 Å². The maximum atomic E-state index is 9.40. The highest BCUT2D eigenvalue weighted by Gasteiger charge is 2.01. The van der Waals surface area contributed by atoms with Crippen LogP contribution in [0.25, 0.3) is 0 Å². The molecule has 0 aromatic carbocycles. The Hall–Kier alpha value is -1.25. The summed E-state index contributed by atoms with van der Waals surface area (Å²) in [4.78, 5) is 3.95. The first-order valence-electron chi connectivity index (χ1n) is 6.11. The van der Waals surface area contributed by atoms with Gasteiger partial charge in [0.1, 0.15) is 0 Å². The zero-order chi connectivity index (χ0) is 11.6. The van der Waals surface area contributed by atoms with E-state index in [1.54, 1.807) is 18.3 Å². The van der Waals surface area contributed by atoms with E-state index in [9.17, 15) is 5.11 Å². The predicted molar refractivity (Wildman–Crippen MR) is 64.8 cm³/mol. The number of aromatic hydroxyl groups is 1. The zero-order valence-corrected chi connectivity index (χ0v) is 9.98. The normalized spacial score (nSPS) is 10.3. The van der Waals surface area contributed by atoms with Crippen molar-refractivity contribution in [1.29, 1.82) is 0 Å². The van der Waals surface area contributed by atoms with E-state index in [2.05, 4.69) is 11.9 Å². The van der Waals surface area contributed by atoms with Gasteiger partial charge < -0.3 is 9.84 Å². The first-order valence-corrected chi connectivity index (χ1v) is 6.11. The molecule has 0 aliphatic heterocycles. The van der Waals surface area contributed by atoms with Crippen LogP contribution < -0.4 is 4.74 Å². The molecule has 1 heterocycles. The summed E-state index contributed by atoms with van der Waals surface area (Å²) in [7, 11) is 0. The topological polar surface area (TPSA) is 42.4 Å². The standard InChI is InChI=1S/C13H21NO2/c1-2-3-4-5-6-7-11-16-13-12(15)9-8-10-14-13/h8-10,15H,2-7,11H2,1H3. The van der Waals surface area contributed by atoms with Gasteiger partial charge >= 0.3 is 0 Å². The summed E-state index contributed by atoms with van der Waals surface area (Å²) in [6.45, 7) is 2.85. The largest absolute Gasteiger partial charge is 0.503 e. The molecule has 0 aliphatic rings. The average Bonchev–Trinajstić information content (AvgIpc) is 2.30. The van der Waals surface area contributed by atoms with Crippen molar-refractivity contribution in [3.05, 3.63) is 18.3 Å². The van der Waals surface area contributed by atoms with Gasteiger partial charge in [-0.25, -0.2) is 4.98 Å². The van der Waals surface area contributed by atoms with Crippen LogP contribution in [0.4, 0.5) is 0 Å². The summed E-state index contributed by atoms with van der Waals surface area (Å²) in [5, 5.41) is 9.40. The van der Waals surface area contributed by atoms with E-state index < -0.39 is 0 Å². The van der Waals surface area contributed by atoms with E-state index in [0.29, 0.717) is 12.5 Å². The van der Waals surface area contributed by atoms with Gasteiger partial charge in [0, 0.05) is 6.20 Å². The maximum absolute atomic E-state index is 9.40. The first-order chi connectivity index (χ1) is 7.84. The Kier molecular flexibility index (Phi) is 6.38. The molecule has 0 saturated heterocycles. The lowest BCUT2D eigenvalue weighted by Crippen LogP contribution is -1.99. The highest BCUT2D eigenvalue weighted by atomic mass is 16.5. The molecule has 0 radical (unpaired) electrons. The third kappa shape index (κ3) is 5.01. The number of nitrogens with zero attached hydrogens (tertiary/aromatic N) is 1. The lowest BCUT2D eigenvalue weighted by molar-refractivity contribution is 0.277. The Balaban J connectivity index is 2.05. The van der Waals surface area contributed by atoms with Crippen molar-refractivity contribution in [3.63, 3.8) is 0 Å². The van der Waals surface area contributed by atoms with Gasteiger partial charge in [-0.2, -0.15) is 0 Å². The van der Waals surface area contributed by atoms with Gasteiger partial charge in [-0.05, 0) is 18.6 Å². The van der Waals surface area contributed by atoms with Gasteiger partial charge in [0.2, 0.25) is 0 Å². The van der Waals surface area contributed by atoms with E-state index >= 15 is 0 Å². The van der Waals surface area contributed by atoms with Crippen LogP contribution >= 0.6 is 0 Å². The number of ether oxygens (including phenoxy) is 1. The molecular formula is C13H21NO2. The second kappa shape index (κ2) is 7.97. The first kappa shape index (κ1) is 12.8. The number of pyridine rings is 1. The van der Waals surface area contributed by atoms with Crippen LogP contribution in [0.5, 0.6) is 11.6 Å². The third-order valence-corrected chi connectivity index (χ3v) is 2.49. The quantitative estimate of drug-likeness (QED) is 0.685. The van der Waals surface area contributed by atoms with Gasteiger partial charge in [-0.1, -0.05) is 39.0 Å². The molecule has 0 spiro atoms. The van der Waals surface area contributed by atoms with Gasteiger partial charge in [-0.3, -0.25) is 0 Å². The predicted octanol–water partition coefficient (Wildman–Crippen LogP) is 3.53. The fourth-order valence-electron chi connectivity index (χ4n) is 1.54. The zero-order valence-electron chi connectivity index (χ0n) is 9.98. The van der Waals surface area contributed by atoms with Crippen LogP contribution in [0.15, 0.2) is 18.3 Å². The molecule has 0 aliphatic carbocycles. The number of hydrogen-bond acceptors (Lipinski definition) is 3. The van der Waals surface area contributed by atoms with Gasteiger partial charge in [0.15, 0.2) is 5.75 Å². The SMILES string of the molecule is CCCCCCCCOc1ncccc1O. The Morgan fingerprint density at radius 1 is 1.19 bits per heavy atom. The van der Waals surface area contributed by atoms with Crippen LogP contribution in [-0.4, -0.2) is 16.7 Å². The smallest absolute Gasteiger partial charge is 0.256 e. The number of unbranched alkanes of at least 4 members (excludes halogenated alkanes) is 5. The molecule has 0 amide bonds. The number of rotatable bonds is 8. The number of hydrogen-bond donors (Lipinski definition) is 1. The van der Waals surface area contributed by atoms with Crippen molar-refractivity contribution < 1.29 is 9.84 Å². The fourth-order valence-corrected chi connectivity index (χ4v) is 1.54. The maximum Gasteiger partial charge on any atom is 0.256 e. The Bertz CT molecular complexity index is 289. The van der Waals surface area contributed by atoms with E-state index in [0.717, 1.165) is 6.42 Å². The van der Waals surface area contributed by atoms with Crippen LogP contribution in [0.2, 0.25) is 0 Å². The highest BCUT2D eigenvalue weighted by molar-refractivity contribution is 5.30. The molecule has 1 N–H and O–H groups in total. The molecule has 0 atom stereocenters. The molecule has 90 valence electrons. The van der Waals surface area contributed by atoms with Crippen molar-refractivity contribution in [2.75, 3.05) is 6.61 Å². The molecule has 1 aromatic rings. The van der Waals surface area contributed by atoms with E-state index in [-0.39, 0.29) is 5.75 Å². The van der Waals surface area contributed by atoms with Crippen molar-refractivity contribution in [1.82, 2.24) is 4.98 Å². The molecule has 0 saturated carbocycles. The lowest BCUT2D eigenvalue weighted by Gasteiger charge is -2.06. The summed E-state index contributed by atoms with van der Waals surface area (Å²) < 4.78 is 5.38. The van der Waals surface area contributed by atoms with Crippen molar-refractivity contribution in [2.45, 2.75) is 45.4 Å². The molecule has 0 bridgehead atoms. The van der Waals surface area contributed by atoms with E-state index in [4.69, 9.17) is 4.74 Å². The van der Waals surface area contributed by atoms with Crippen molar-refractivity contribution in [3.8, 4) is 11.6 Å². The Morgan fingerprint density at radius 2 is 1.94 bits per heavy atom. The minimum atomic E-state index is 0.119. The van der Waals surface area contributed by atoms with Crippen LogP contribution in [-0.2, 0) is 0 Å². The summed E-state index contributed by atoms with van der Waals surface area (Å²) in [5.74, 6) is 0.463. The summed E-state index contributed by atoms with van der Waals surface area (Å²) >= 11 is 0. The molecule has 0 fully saturated rings. The average molecular weight is 223 g/mol. The Labute approximate surface area is 97.5 Å². The molecule has 3 nitrogen and oxygen atoms in total. The van der Waals surface area contributed by atoms with Gasteiger partial charge in [0.25, 0.3) is 5.88 Å². The van der Waals surface area contributed by atoms with Gasteiger partial charge in [-0.15, -0.1) is 0 Å². The molecule has 3 heteroatoms. The summed E-state index contributed by atoms with van der Waals surface area (Å²) in [5.41, 5.74) is 0. The second-order valence-electron chi connectivity index (χ2n) is 3.94. The third-order valence-electron chi connectivity index (χ3n) is 2.49. The fraction of sp³-hybridized carbons (Fsp3) is 0.615. The number of aromatic nitrogens is 1. The van der Waals surface area contributed by atoms with E-state index in [1.807, 2.05) is 0 Å². The molecular weight excluding hydrogens is 202 g/mol. The highest BCUT2D eigenvalue weighted by Crippen LogP contribution is 2.21. The van der Waals surface area contributed by atoms with Crippen LogP contribution in [0.1, 0.15) is 45.4 Å². The van der Waals surface area contributed by atoms with Crippen LogP contribution in [0, 0.1) is 0 Å². The van der Waals surface area contributed by atoms with Crippen LogP contribution in [0.3, 0.4) is 0 Å². The van der Waals surface area contributed by atoms with Crippen molar-refractivity contribution >= 4 is 0 Å². The molecule has 0 unspecified atom stereocenters. The summed E-state index contributed by atoms with van der Waals surface area (Å²) in [6.07, 6.45) is 9.01. The molecule has 1 aromatic heterocycles. The second-order valence-corrected chi connectivity index (χ2v) is 3.94. The van der Waals surface area contributed by atoms with Gasteiger partial charge in [0.05, 0.1) is 6.61 Å². The molecule has 1 rings (SSSR count). The summed E-state index contributed by atoms with van der Waals surface area (Å²) in [6, 6.07) is 3.27. The Morgan fingerprint density at radius 3 is 2.69 bits per heavy atom. The molecule has 16 heavy (non-hydrogen) atoms.